The number of likely N-dealkylation sites (tertiary alicyclic amines) is 1. The lowest BCUT2D eigenvalue weighted by Crippen LogP contribution is -2.43. The van der Waals surface area contributed by atoms with Gasteiger partial charge in [-0.3, -0.25) is 9.48 Å². The fourth-order valence-corrected chi connectivity index (χ4v) is 3.74. The summed E-state index contributed by atoms with van der Waals surface area (Å²) in [6.45, 7) is 0.758. The largest absolute Gasteiger partial charge is 0.337 e. The number of aryl methyl sites for hydroxylation is 1. The van der Waals surface area contributed by atoms with Crippen molar-refractivity contribution in [3.8, 4) is 0 Å². The number of aromatic nitrogens is 2. The van der Waals surface area contributed by atoms with Crippen LogP contribution in [-0.4, -0.2) is 39.6 Å². The Morgan fingerprint density at radius 3 is 2.35 bits per heavy atom. The van der Waals surface area contributed by atoms with Crippen molar-refractivity contribution >= 4 is 5.91 Å². The Balaban J connectivity index is 1.67. The Labute approximate surface area is 131 Å². The number of nitrogens with zero attached hydrogens (tertiary/aromatic N) is 3. The van der Waals surface area contributed by atoms with E-state index < -0.39 is 18.0 Å². The molecule has 128 valence electrons. The molecule has 0 unspecified atom stereocenters. The molecular formula is C15H19F4N3O. The number of halogens is 4. The molecule has 0 aromatic carbocycles. The molecule has 1 saturated carbocycles. The van der Waals surface area contributed by atoms with E-state index in [1.807, 2.05) is 0 Å². The number of piperidine rings is 1. The topological polar surface area (TPSA) is 38.1 Å². The minimum atomic E-state index is -2.73. The zero-order valence-corrected chi connectivity index (χ0v) is 12.9. The molecule has 0 bridgehead atoms. The van der Waals surface area contributed by atoms with Crippen LogP contribution in [0.2, 0.25) is 0 Å². The summed E-state index contributed by atoms with van der Waals surface area (Å²) in [5.41, 5.74) is -0.700. The maximum Gasteiger partial charge on any atom is 0.282 e. The molecule has 1 aromatic rings. The summed E-state index contributed by atoms with van der Waals surface area (Å²) in [4.78, 5) is 14.0. The van der Waals surface area contributed by atoms with Crippen molar-refractivity contribution in [1.29, 1.82) is 0 Å². The highest BCUT2D eigenvalue weighted by molar-refractivity contribution is 5.92. The van der Waals surface area contributed by atoms with Crippen LogP contribution >= 0.6 is 0 Å². The van der Waals surface area contributed by atoms with E-state index in [-0.39, 0.29) is 29.9 Å². The predicted molar refractivity (Wildman–Crippen MR) is 74.5 cm³/mol. The van der Waals surface area contributed by atoms with Gasteiger partial charge in [0.05, 0.1) is 0 Å². The van der Waals surface area contributed by atoms with E-state index in [2.05, 4.69) is 5.10 Å². The van der Waals surface area contributed by atoms with E-state index in [4.69, 9.17) is 0 Å². The Bertz CT molecular complexity index is 606. The average molecular weight is 333 g/mol. The minimum absolute atomic E-state index is 0.0829. The van der Waals surface area contributed by atoms with Crippen molar-refractivity contribution in [2.75, 3.05) is 13.1 Å². The Hall–Kier alpha value is -1.60. The summed E-state index contributed by atoms with van der Waals surface area (Å²) in [5.74, 6) is -2.97. The summed E-state index contributed by atoms with van der Waals surface area (Å²) in [7, 11) is 1.45. The quantitative estimate of drug-likeness (QED) is 0.778. The molecule has 0 atom stereocenters. The van der Waals surface area contributed by atoms with Gasteiger partial charge in [0.2, 0.25) is 5.92 Å². The number of rotatable bonds is 2. The van der Waals surface area contributed by atoms with Gasteiger partial charge >= 0.3 is 0 Å². The van der Waals surface area contributed by atoms with Gasteiger partial charge in [0.25, 0.3) is 12.3 Å². The van der Waals surface area contributed by atoms with Crippen LogP contribution in [0.1, 0.15) is 54.7 Å². The Kier molecular flexibility index (Phi) is 3.88. The van der Waals surface area contributed by atoms with E-state index in [0.29, 0.717) is 32.4 Å². The zero-order chi connectivity index (χ0) is 16.8. The van der Waals surface area contributed by atoms with Crippen LogP contribution in [0, 0.1) is 5.41 Å². The molecule has 0 radical (unpaired) electrons. The first-order chi connectivity index (χ1) is 10.7. The predicted octanol–water partition coefficient (Wildman–Crippen LogP) is 3.40. The van der Waals surface area contributed by atoms with Crippen molar-refractivity contribution in [1.82, 2.24) is 14.7 Å². The standard InChI is InChI=1S/C15H19F4N3O/c1-21-11(8-10(20-21)12(16)17)13(23)22-6-4-14(5-7-22)2-3-15(18,19)9-14/h8,12H,2-7,9H2,1H3. The molecule has 2 heterocycles. The van der Waals surface area contributed by atoms with Crippen LogP contribution in [0.15, 0.2) is 6.07 Å². The Morgan fingerprint density at radius 1 is 1.22 bits per heavy atom. The highest BCUT2D eigenvalue weighted by Crippen LogP contribution is 2.52. The van der Waals surface area contributed by atoms with E-state index in [0.717, 1.165) is 10.7 Å². The maximum atomic E-state index is 13.5. The number of carbonyl (C=O) groups excluding carboxylic acids is 1. The normalized spacial score (nSPS) is 23.0. The van der Waals surface area contributed by atoms with Gasteiger partial charge in [-0.15, -0.1) is 0 Å². The molecule has 1 aromatic heterocycles. The van der Waals surface area contributed by atoms with E-state index in [1.165, 1.54) is 7.05 Å². The third-order valence-electron chi connectivity index (χ3n) is 5.11. The molecule has 23 heavy (non-hydrogen) atoms. The van der Waals surface area contributed by atoms with Gasteiger partial charge in [-0.2, -0.15) is 5.10 Å². The van der Waals surface area contributed by atoms with Crippen molar-refractivity contribution < 1.29 is 22.4 Å². The first kappa shape index (κ1) is 16.3. The molecule has 2 aliphatic rings. The molecule has 2 fully saturated rings. The van der Waals surface area contributed by atoms with Gasteiger partial charge in [0.15, 0.2) is 0 Å². The van der Waals surface area contributed by atoms with Crippen LogP contribution in [0.25, 0.3) is 0 Å². The van der Waals surface area contributed by atoms with Crippen LogP contribution in [-0.2, 0) is 7.05 Å². The summed E-state index contributed by atoms with van der Waals surface area (Å²) < 4.78 is 53.4. The molecule has 4 nitrogen and oxygen atoms in total. The van der Waals surface area contributed by atoms with E-state index >= 15 is 0 Å². The second-order valence-corrected chi connectivity index (χ2v) is 6.70. The number of alkyl halides is 4. The highest BCUT2D eigenvalue weighted by atomic mass is 19.3. The van der Waals surface area contributed by atoms with Crippen LogP contribution in [0.5, 0.6) is 0 Å². The van der Waals surface area contributed by atoms with Gasteiger partial charge in [0.1, 0.15) is 11.4 Å². The lowest BCUT2D eigenvalue weighted by molar-refractivity contribution is -0.0123. The Morgan fingerprint density at radius 2 is 1.87 bits per heavy atom. The fourth-order valence-electron chi connectivity index (χ4n) is 3.74. The van der Waals surface area contributed by atoms with Gasteiger partial charge in [-0.05, 0) is 30.7 Å². The molecule has 3 rings (SSSR count). The second kappa shape index (κ2) is 5.49. The molecular weight excluding hydrogens is 314 g/mol. The van der Waals surface area contributed by atoms with Crippen LogP contribution in [0.4, 0.5) is 17.6 Å². The van der Waals surface area contributed by atoms with E-state index in [9.17, 15) is 22.4 Å². The maximum absolute atomic E-state index is 13.5. The van der Waals surface area contributed by atoms with Gasteiger partial charge in [0, 0.05) is 33.0 Å². The van der Waals surface area contributed by atoms with Crippen molar-refractivity contribution in [2.45, 2.75) is 44.5 Å². The lowest BCUT2D eigenvalue weighted by Gasteiger charge is -2.39. The van der Waals surface area contributed by atoms with Gasteiger partial charge in [-0.25, -0.2) is 17.6 Å². The van der Waals surface area contributed by atoms with Gasteiger partial charge < -0.3 is 4.90 Å². The third kappa shape index (κ3) is 3.07. The van der Waals surface area contributed by atoms with Crippen molar-refractivity contribution in [3.63, 3.8) is 0 Å². The second-order valence-electron chi connectivity index (χ2n) is 6.70. The molecule has 1 saturated heterocycles. The average Bonchev–Trinajstić information content (AvgIpc) is 3.00. The minimum Gasteiger partial charge on any atom is -0.337 e. The molecule has 8 heteroatoms. The zero-order valence-electron chi connectivity index (χ0n) is 12.9. The van der Waals surface area contributed by atoms with Crippen LogP contribution < -0.4 is 0 Å². The summed E-state index contributed by atoms with van der Waals surface area (Å²) in [6.07, 6.45) is -1.36. The molecule has 1 aliphatic heterocycles. The molecule has 1 spiro atoms. The first-order valence-corrected chi connectivity index (χ1v) is 7.71. The highest BCUT2D eigenvalue weighted by Gasteiger charge is 2.50. The van der Waals surface area contributed by atoms with Crippen molar-refractivity contribution in [2.24, 2.45) is 12.5 Å². The van der Waals surface area contributed by atoms with Gasteiger partial charge in [-0.1, -0.05) is 0 Å². The molecule has 0 N–H and O–H groups in total. The number of carbonyl (C=O) groups is 1. The van der Waals surface area contributed by atoms with E-state index in [1.54, 1.807) is 4.90 Å². The fraction of sp³-hybridized carbons (Fsp3) is 0.733. The summed E-state index contributed by atoms with van der Waals surface area (Å²) >= 11 is 0. The third-order valence-corrected chi connectivity index (χ3v) is 5.11. The number of hydrogen-bond acceptors (Lipinski definition) is 2. The number of hydrogen-bond donors (Lipinski definition) is 0. The smallest absolute Gasteiger partial charge is 0.282 e. The molecule has 1 aliphatic carbocycles. The first-order valence-electron chi connectivity index (χ1n) is 7.71. The number of amides is 1. The van der Waals surface area contributed by atoms with Crippen molar-refractivity contribution in [3.05, 3.63) is 17.5 Å². The SMILES string of the molecule is Cn1nc(C(F)F)cc1C(=O)N1CCC2(CC1)CCC(F)(F)C2. The van der Waals surface area contributed by atoms with Crippen LogP contribution in [0.3, 0.4) is 0 Å². The summed E-state index contributed by atoms with van der Waals surface area (Å²) in [5, 5.41) is 3.64. The monoisotopic (exact) mass is 333 g/mol. The molecule has 1 amide bonds. The lowest BCUT2D eigenvalue weighted by atomic mass is 9.77. The summed E-state index contributed by atoms with van der Waals surface area (Å²) in [6, 6.07) is 1.10.